The Morgan fingerprint density at radius 1 is 1.00 bits per heavy atom. The molecule has 1 heterocycles. The highest BCUT2D eigenvalue weighted by Gasteiger charge is 2.11. The van der Waals surface area contributed by atoms with Crippen molar-refractivity contribution in [3.63, 3.8) is 0 Å². The van der Waals surface area contributed by atoms with Crippen LogP contribution in [0, 0.1) is 3.70 Å². The lowest BCUT2D eigenvalue weighted by Crippen LogP contribution is -1.88. The highest BCUT2D eigenvalue weighted by atomic mass is 127. The summed E-state index contributed by atoms with van der Waals surface area (Å²) in [4.78, 5) is 4.37. The van der Waals surface area contributed by atoms with Crippen LogP contribution < -0.4 is 0 Å². The van der Waals surface area contributed by atoms with E-state index >= 15 is 0 Å². The van der Waals surface area contributed by atoms with E-state index in [1.807, 2.05) is 18.2 Å². The van der Waals surface area contributed by atoms with Gasteiger partial charge in [-0.25, -0.2) is 4.98 Å². The Balaban J connectivity index is 2.64. The van der Waals surface area contributed by atoms with E-state index in [9.17, 15) is 0 Å². The third-order valence-corrected chi connectivity index (χ3v) is 3.39. The van der Waals surface area contributed by atoms with Crippen molar-refractivity contribution in [2.45, 2.75) is 0 Å². The summed E-state index contributed by atoms with van der Waals surface area (Å²) in [6.07, 6.45) is 0. The maximum Gasteiger partial charge on any atom is 0.102 e. The van der Waals surface area contributed by atoms with Crippen molar-refractivity contribution in [3.8, 4) is 11.3 Å². The molecule has 0 aliphatic rings. The zero-order chi connectivity index (χ0) is 11.7. The van der Waals surface area contributed by atoms with Gasteiger partial charge in [0.05, 0.1) is 15.7 Å². The van der Waals surface area contributed by atoms with Gasteiger partial charge in [-0.15, -0.1) is 0 Å². The number of aromatic nitrogens is 1. The zero-order valence-electron chi connectivity index (χ0n) is 7.85. The van der Waals surface area contributed by atoms with Gasteiger partial charge in [-0.05, 0) is 46.9 Å². The number of hydrogen-bond donors (Lipinski definition) is 0. The van der Waals surface area contributed by atoms with E-state index in [2.05, 4.69) is 27.6 Å². The molecule has 0 aliphatic carbocycles. The highest BCUT2D eigenvalue weighted by Crippen LogP contribution is 2.36. The first-order chi connectivity index (χ1) is 7.58. The van der Waals surface area contributed by atoms with Gasteiger partial charge in [-0.3, -0.25) is 0 Å². The summed E-state index contributed by atoms with van der Waals surface area (Å²) in [6.45, 7) is 0. The fraction of sp³-hybridized carbons (Fsp3) is 0. The van der Waals surface area contributed by atoms with Gasteiger partial charge >= 0.3 is 0 Å². The van der Waals surface area contributed by atoms with Gasteiger partial charge in [0.1, 0.15) is 3.70 Å². The molecular formula is C11H5Cl3IN. The van der Waals surface area contributed by atoms with Crippen molar-refractivity contribution < 1.29 is 0 Å². The molecule has 0 unspecified atom stereocenters. The van der Waals surface area contributed by atoms with Crippen LogP contribution in [0.15, 0.2) is 30.3 Å². The van der Waals surface area contributed by atoms with E-state index in [0.29, 0.717) is 20.6 Å². The van der Waals surface area contributed by atoms with Crippen LogP contribution in [0.5, 0.6) is 0 Å². The summed E-state index contributed by atoms with van der Waals surface area (Å²) in [5.74, 6) is 0. The van der Waals surface area contributed by atoms with Crippen molar-refractivity contribution in [1.29, 1.82) is 0 Å². The molecule has 0 radical (unpaired) electrons. The molecular weight excluding hydrogens is 379 g/mol. The summed E-state index contributed by atoms with van der Waals surface area (Å²) in [5, 5.41) is 1.53. The maximum absolute atomic E-state index is 6.11. The van der Waals surface area contributed by atoms with Gasteiger partial charge in [-0.1, -0.05) is 40.9 Å². The van der Waals surface area contributed by atoms with Crippen LogP contribution in [-0.2, 0) is 0 Å². The second-order valence-electron chi connectivity index (χ2n) is 3.09. The third-order valence-electron chi connectivity index (χ3n) is 1.98. The van der Waals surface area contributed by atoms with Crippen molar-refractivity contribution in [2.24, 2.45) is 0 Å². The molecule has 0 spiro atoms. The molecule has 1 aromatic carbocycles. The van der Waals surface area contributed by atoms with Crippen LogP contribution in [0.25, 0.3) is 11.3 Å². The normalized spacial score (nSPS) is 10.5. The Morgan fingerprint density at radius 3 is 2.19 bits per heavy atom. The average Bonchev–Trinajstić information content (AvgIpc) is 2.15. The van der Waals surface area contributed by atoms with Gasteiger partial charge < -0.3 is 0 Å². The lowest BCUT2D eigenvalue weighted by molar-refractivity contribution is 1.27. The number of nitrogens with zero attached hydrogens (tertiary/aromatic N) is 1. The van der Waals surface area contributed by atoms with Crippen LogP contribution in [0.4, 0.5) is 0 Å². The van der Waals surface area contributed by atoms with E-state index in [4.69, 9.17) is 34.8 Å². The molecule has 2 rings (SSSR count). The summed E-state index contributed by atoms with van der Waals surface area (Å²) in [7, 11) is 0. The first-order valence-electron chi connectivity index (χ1n) is 4.35. The van der Waals surface area contributed by atoms with E-state index in [1.165, 1.54) is 0 Å². The van der Waals surface area contributed by atoms with Crippen molar-refractivity contribution in [2.75, 3.05) is 0 Å². The number of halogens is 4. The zero-order valence-corrected chi connectivity index (χ0v) is 12.3. The maximum atomic E-state index is 6.11. The molecule has 1 aromatic heterocycles. The first-order valence-corrected chi connectivity index (χ1v) is 6.56. The minimum atomic E-state index is 0.506. The number of hydrogen-bond acceptors (Lipinski definition) is 1. The van der Waals surface area contributed by atoms with Crippen LogP contribution in [0.3, 0.4) is 0 Å². The minimum Gasteiger partial charge on any atom is -0.242 e. The SMILES string of the molecule is Clc1cc(Cl)c(-c2cccc(I)n2)c(Cl)c1. The predicted octanol–water partition coefficient (Wildman–Crippen LogP) is 5.31. The number of rotatable bonds is 1. The second-order valence-corrected chi connectivity index (χ2v) is 5.45. The van der Waals surface area contributed by atoms with Crippen LogP contribution >= 0.6 is 57.4 Å². The monoisotopic (exact) mass is 383 g/mol. The predicted molar refractivity (Wildman–Crippen MR) is 77.4 cm³/mol. The standard InChI is InChI=1S/C11H5Cl3IN/c12-6-4-7(13)11(8(14)5-6)9-2-1-3-10(15)16-9/h1-5H. The smallest absolute Gasteiger partial charge is 0.102 e. The molecule has 0 fully saturated rings. The second kappa shape index (κ2) is 5.08. The molecule has 0 bridgehead atoms. The molecule has 0 N–H and O–H groups in total. The van der Waals surface area contributed by atoms with Crippen LogP contribution in [0.2, 0.25) is 15.1 Å². The summed E-state index contributed by atoms with van der Waals surface area (Å²) >= 11 is 20.2. The van der Waals surface area contributed by atoms with Crippen molar-refractivity contribution in [1.82, 2.24) is 4.98 Å². The summed E-state index contributed by atoms with van der Waals surface area (Å²) in [6, 6.07) is 8.99. The van der Waals surface area contributed by atoms with Crippen LogP contribution in [-0.4, -0.2) is 4.98 Å². The number of pyridine rings is 1. The minimum absolute atomic E-state index is 0.506. The Bertz CT molecular complexity index is 519. The Hall–Kier alpha value is -0.0300. The van der Waals surface area contributed by atoms with Crippen LogP contribution in [0.1, 0.15) is 0 Å². The van der Waals surface area contributed by atoms with Gasteiger partial charge in [-0.2, -0.15) is 0 Å². The Kier molecular flexibility index (Phi) is 3.95. The van der Waals surface area contributed by atoms with Gasteiger partial charge in [0.25, 0.3) is 0 Å². The lowest BCUT2D eigenvalue weighted by atomic mass is 10.1. The third kappa shape index (κ3) is 2.62. The Labute approximate surface area is 122 Å². The quantitative estimate of drug-likeness (QED) is 0.479. The van der Waals surface area contributed by atoms with Gasteiger partial charge in [0.2, 0.25) is 0 Å². The summed E-state index contributed by atoms with van der Waals surface area (Å²) < 4.78 is 0.886. The molecule has 1 nitrogen and oxygen atoms in total. The summed E-state index contributed by atoms with van der Waals surface area (Å²) in [5.41, 5.74) is 1.46. The molecule has 0 saturated heterocycles. The number of benzene rings is 1. The topological polar surface area (TPSA) is 12.9 Å². The molecule has 16 heavy (non-hydrogen) atoms. The molecule has 82 valence electrons. The fourth-order valence-electron chi connectivity index (χ4n) is 1.33. The molecule has 0 atom stereocenters. The van der Waals surface area contributed by atoms with Gasteiger partial charge in [0.15, 0.2) is 0 Å². The van der Waals surface area contributed by atoms with E-state index in [-0.39, 0.29) is 0 Å². The van der Waals surface area contributed by atoms with E-state index < -0.39 is 0 Å². The highest BCUT2D eigenvalue weighted by molar-refractivity contribution is 14.1. The fourth-order valence-corrected chi connectivity index (χ4v) is 2.81. The van der Waals surface area contributed by atoms with Gasteiger partial charge in [0, 0.05) is 10.6 Å². The molecule has 0 amide bonds. The molecule has 5 heteroatoms. The Morgan fingerprint density at radius 2 is 1.62 bits per heavy atom. The van der Waals surface area contributed by atoms with Crippen molar-refractivity contribution >= 4 is 57.4 Å². The van der Waals surface area contributed by atoms with E-state index in [0.717, 1.165) is 9.39 Å². The molecule has 2 aromatic rings. The average molecular weight is 384 g/mol. The van der Waals surface area contributed by atoms with Crippen molar-refractivity contribution in [3.05, 3.63) is 49.1 Å². The lowest BCUT2D eigenvalue weighted by Gasteiger charge is -2.07. The largest absolute Gasteiger partial charge is 0.242 e. The molecule has 0 aliphatic heterocycles. The molecule has 0 saturated carbocycles. The first kappa shape index (κ1) is 12.4. The van der Waals surface area contributed by atoms with E-state index in [1.54, 1.807) is 12.1 Å².